The number of benzene rings is 1. The van der Waals surface area contributed by atoms with E-state index in [9.17, 15) is 9.59 Å². The number of rotatable bonds is 5. The third kappa shape index (κ3) is 4.17. The molecule has 6 nitrogen and oxygen atoms in total. The van der Waals surface area contributed by atoms with Crippen LogP contribution in [0.1, 0.15) is 27.4 Å². The fourth-order valence-corrected chi connectivity index (χ4v) is 2.20. The molecule has 2 aromatic rings. The number of aromatic nitrogens is 1. The first-order chi connectivity index (χ1) is 10.5. The van der Waals surface area contributed by atoms with Crippen LogP contribution in [0.25, 0.3) is 0 Å². The molecule has 0 aliphatic heterocycles. The Morgan fingerprint density at radius 1 is 1.36 bits per heavy atom. The van der Waals surface area contributed by atoms with Gasteiger partial charge in [-0.05, 0) is 32.0 Å². The molecule has 7 heteroatoms. The second kappa shape index (κ2) is 7.22. The van der Waals surface area contributed by atoms with Gasteiger partial charge in [0.25, 0.3) is 5.91 Å². The molecule has 0 radical (unpaired) electrons. The molecule has 1 aromatic carbocycles. The second-order valence-corrected chi connectivity index (χ2v) is 5.57. The van der Waals surface area contributed by atoms with Crippen molar-refractivity contribution in [3.8, 4) is 0 Å². The summed E-state index contributed by atoms with van der Waals surface area (Å²) in [5.41, 5.74) is 1.89. The molecule has 116 valence electrons. The SMILES string of the molecule is Cc1noc(C)c1COC(=O)CNC(=O)c1cccc(Br)c1. The monoisotopic (exact) mass is 366 g/mol. The van der Waals surface area contributed by atoms with Crippen molar-refractivity contribution in [3.63, 3.8) is 0 Å². The summed E-state index contributed by atoms with van der Waals surface area (Å²) in [7, 11) is 0. The highest BCUT2D eigenvalue weighted by atomic mass is 79.9. The maximum absolute atomic E-state index is 11.9. The van der Waals surface area contributed by atoms with Crippen LogP contribution in [-0.2, 0) is 16.1 Å². The van der Waals surface area contributed by atoms with Crippen LogP contribution in [0.4, 0.5) is 0 Å². The largest absolute Gasteiger partial charge is 0.459 e. The molecule has 0 aliphatic rings. The first-order valence-corrected chi connectivity index (χ1v) is 7.38. The Balaban J connectivity index is 1.82. The van der Waals surface area contributed by atoms with E-state index in [4.69, 9.17) is 9.26 Å². The van der Waals surface area contributed by atoms with Gasteiger partial charge < -0.3 is 14.6 Å². The second-order valence-electron chi connectivity index (χ2n) is 4.66. The molecule has 1 heterocycles. The zero-order chi connectivity index (χ0) is 16.1. The number of nitrogens with zero attached hydrogens (tertiary/aromatic N) is 1. The average Bonchev–Trinajstić information content (AvgIpc) is 2.81. The Morgan fingerprint density at radius 3 is 2.77 bits per heavy atom. The van der Waals surface area contributed by atoms with E-state index in [0.29, 0.717) is 17.0 Å². The zero-order valence-electron chi connectivity index (χ0n) is 12.2. The van der Waals surface area contributed by atoms with Gasteiger partial charge in [-0.25, -0.2) is 0 Å². The molecule has 22 heavy (non-hydrogen) atoms. The van der Waals surface area contributed by atoms with Crippen molar-refractivity contribution in [1.29, 1.82) is 0 Å². The molecule has 0 fully saturated rings. The van der Waals surface area contributed by atoms with Crippen LogP contribution >= 0.6 is 15.9 Å². The van der Waals surface area contributed by atoms with Crippen LogP contribution < -0.4 is 5.32 Å². The Kier molecular flexibility index (Phi) is 5.32. The lowest BCUT2D eigenvalue weighted by atomic mass is 10.2. The molecule has 0 saturated heterocycles. The first-order valence-electron chi connectivity index (χ1n) is 6.58. The van der Waals surface area contributed by atoms with Crippen LogP contribution in [0.3, 0.4) is 0 Å². The number of nitrogens with one attached hydrogen (secondary N) is 1. The minimum Gasteiger partial charge on any atom is -0.459 e. The Bertz CT molecular complexity index is 677. The number of esters is 1. The molecule has 0 spiro atoms. The zero-order valence-corrected chi connectivity index (χ0v) is 13.8. The summed E-state index contributed by atoms with van der Waals surface area (Å²) >= 11 is 3.28. The van der Waals surface area contributed by atoms with E-state index in [1.54, 1.807) is 32.0 Å². The number of carbonyl (C=O) groups is 2. The highest BCUT2D eigenvalue weighted by molar-refractivity contribution is 9.10. The normalized spacial score (nSPS) is 10.3. The van der Waals surface area contributed by atoms with Gasteiger partial charge in [-0.2, -0.15) is 0 Å². The van der Waals surface area contributed by atoms with Crippen LogP contribution in [-0.4, -0.2) is 23.6 Å². The van der Waals surface area contributed by atoms with Crippen LogP contribution in [0, 0.1) is 13.8 Å². The molecule has 0 saturated carbocycles. The van der Waals surface area contributed by atoms with Gasteiger partial charge in [-0.15, -0.1) is 0 Å². The van der Waals surface area contributed by atoms with E-state index in [-0.39, 0.29) is 19.1 Å². The van der Waals surface area contributed by atoms with Crippen molar-refractivity contribution < 1.29 is 18.8 Å². The van der Waals surface area contributed by atoms with E-state index in [2.05, 4.69) is 26.4 Å². The standard InChI is InChI=1S/C15H15BrN2O4/c1-9-13(10(2)22-18-9)8-21-14(19)7-17-15(20)11-4-3-5-12(16)6-11/h3-6H,7-8H2,1-2H3,(H,17,20). The molecular weight excluding hydrogens is 352 g/mol. The summed E-state index contributed by atoms with van der Waals surface area (Å²) < 4.78 is 10.9. The quantitative estimate of drug-likeness (QED) is 0.822. The molecule has 1 aromatic heterocycles. The van der Waals surface area contributed by atoms with E-state index in [0.717, 1.165) is 10.0 Å². The Hall–Kier alpha value is -2.15. The fourth-order valence-electron chi connectivity index (χ4n) is 1.80. The molecule has 0 atom stereocenters. The van der Waals surface area contributed by atoms with Gasteiger partial charge in [0.2, 0.25) is 0 Å². The predicted octanol–water partition coefficient (Wildman–Crippen LogP) is 2.53. The smallest absolute Gasteiger partial charge is 0.325 e. The van der Waals surface area contributed by atoms with Gasteiger partial charge in [0.1, 0.15) is 18.9 Å². The topological polar surface area (TPSA) is 81.4 Å². The average molecular weight is 367 g/mol. The number of aryl methyl sites for hydroxylation is 2. The van der Waals surface area contributed by atoms with Crippen LogP contribution in [0.5, 0.6) is 0 Å². The van der Waals surface area contributed by atoms with Crippen molar-refractivity contribution in [2.75, 3.05) is 6.54 Å². The highest BCUT2D eigenvalue weighted by Crippen LogP contribution is 2.13. The van der Waals surface area contributed by atoms with E-state index >= 15 is 0 Å². The molecule has 0 bridgehead atoms. The lowest BCUT2D eigenvalue weighted by Crippen LogP contribution is -2.30. The maximum atomic E-state index is 11.9. The minimum absolute atomic E-state index is 0.0761. The summed E-state index contributed by atoms with van der Waals surface area (Å²) in [5.74, 6) is -0.248. The summed E-state index contributed by atoms with van der Waals surface area (Å²) in [4.78, 5) is 23.5. The summed E-state index contributed by atoms with van der Waals surface area (Å²) in [6.45, 7) is 3.40. The van der Waals surface area contributed by atoms with Gasteiger partial charge >= 0.3 is 5.97 Å². The molecule has 1 amide bonds. The number of amides is 1. The van der Waals surface area contributed by atoms with E-state index in [1.807, 2.05) is 6.07 Å². The lowest BCUT2D eigenvalue weighted by Gasteiger charge is -2.06. The lowest BCUT2D eigenvalue weighted by molar-refractivity contribution is -0.143. The fraction of sp³-hybridized carbons (Fsp3) is 0.267. The summed E-state index contributed by atoms with van der Waals surface area (Å²) in [5, 5.41) is 6.29. The summed E-state index contributed by atoms with van der Waals surface area (Å²) in [6, 6.07) is 6.89. The molecular formula is C15H15BrN2O4. The highest BCUT2D eigenvalue weighted by Gasteiger charge is 2.13. The molecule has 1 N–H and O–H groups in total. The Morgan fingerprint density at radius 2 is 2.14 bits per heavy atom. The number of halogens is 1. The number of hydrogen-bond donors (Lipinski definition) is 1. The van der Waals surface area contributed by atoms with Crippen molar-refractivity contribution in [2.45, 2.75) is 20.5 Å². The predicted molar refractivity (Wildman–Crippen MR) is 82.2 cm³/mol. The van der Waals surface area contributed by atoms with Crippen molar-refractivity contribution in [1.82, 2.24) is 10.5 Å². The van der Waals surface area contributed by atoms with Crippen molar-refractivity contribution in [3.05, 3.63) is 51.3 Å². The van der Waals surface area contributed by atoms with E-state index < -0.39 is 5.97 Å². The van der Waals surface area contributed by atoms with Gasteiger partial charge in [0.05, 0.1) is 11.3 Å². The minimum atomic E-state index is -0.525. The number of hydrogen-bond acceptors (Lipinski definition) is 5. The van der Waals surface area contributed by atoms with Crippen LogP contribution in [0.15, 0.2) is 33.3 Å². The number of carbonyl (C=O) groups excluding carboxylic acids is 2. The molecule has 2 rings (SSSR count). The Labute approximate surface area is 135 Å². The van der Waals surface area contributed by atoms with Crippen LogP contribution in [0.2, 0.25) is 0 Å². The third-order valence-corrected chi connectivity index (χ3v) is 3.53. The number of ether oxygens (including phenoxy) is 1. The van der Waals surface area contributed by atoms with E-state index in [1.165, 1.54) is 0 Å². The first kappa shape index (κ1) is 16.2. The third-order valence-electron chi connectivity index (χ3n) is 3.04. The van der Waals surface area contributed by atoms with Gasteiger partial charge in [0, 0.05) is 10.0 Å². The van der Waals surface area contributed by atoms with Crippen molar-refractivity contribution >= 4 is 27.8 Å². The van der Waals surface area contributed by atoms with Crippen molar-refractivity contribution in [2.24, 2.45) is 0 Å². The van der Waals surface area contributed by atoms with Gasteiger partial charge in [-0.1, -0.05) is 27.2 Å². The summed E-state index contributed by atoms with van der Waals surface area (Å²) in [6.07, 6.45) is 0. The van der Waals surface area contributed by atoms with Gasteiger partial charge in [0.15, 0.2) is 0 Å². The maximum Gasteiger partial charge on any atom is 0.325 e. The van der Waals surface area contributed by atoms with Gasteiger partial charge in [-0.3, -0.25) is 9.59 Å². The molecule has 0 aliphatic carbocycles. The molecule has 0 unspecified atom stereocenters.